The minimum Gasteiger partial charge on any atom is -0.326 e. The zero-order valence-electron chi connectivity index (χ0n) is 12.6. The molecule has 0 saturated heterocycles. The summed E-state index contributed by atoms with van der Waals surface area (Å²) in [5, 5.41) is 0.812. The zero-order chi connectivity index (χ0) is 15.1. The van der Waals surface area contributed by atoms with E-state index in [-0.39, 0.29) is 0 Å². The van der Waals surface area contributed by atoms with Crippen molar-refractivity contribution in [2.45, 2.75) is 33.0 Å². The fraction of sp³-hybridized carbons (Fsp3) is 0.333. The van der Waals surface area contributed by atoms with E-state index in [0.717, 1.165) is 36.6 Å². The van der Waals surface area contributed by atoms with Gasteiger partial charge in [0.1, 0.15) is 0 Å². The summed E-state index contributed by atoms with van der Waals surface area (Å²) in [6, 6.07) is 16.7. The lowest BCUT2D eigenvalue weighted by Gasteiger charge is -2.22. The van der Waals surface area contributed by atoms with Crippen LogP contribution in [0.25, 0.3) is 0 Å². The van der Waals surface area contributed by atoms with E-state index in [0.29, 0.717) is 6.54 Å². The summed E-state index contributed by atoms with van der Waals surface area (Å²) in [7, 11) is 0. The first kappa shape index (κ1) is 16.0. The molecule has 2 aromatic carbocycles. The van der Waals surface area contributed by atoms with Gasteiger partial charge in [0.25, 0.3) is 0 Å². The minimum atomic E-state index is 0.530. The molecule has 0 spiro atoms. The monoisotopic (exact) mass is 302 g/mol. The fourth-order valence-corrected chi connectivity index (χ4v) is 2.72. The first-order valence-electron chi connectivity index (χ1n) is 7.46. The van der Waals surface area contributed by atoms with Gasteiger partial charge in [-0.1, -0.05) is 61.0 Å². The number of rotatable bonds is 7. The molecule has 0 fully saturated rings. The smallest absolute Gasteiger partial charge is 0.0454 e. The number of halogens is 1. The standard InChI is InChI=1S/C18H23ClN2/c1-2-10-21(13-15-6-4-3-5-7-15)14-17-9-8-16(12-20)11-18(17)19/h3-9,11H,2,10,12-14,20H2,1H3. The second-order valence-corrected chi connectivity index (χ2v) is 5.73. The second kappa shape index (κ2) is 8.18. The minimum absolute atomic E-state index is 0.530. The normalized spacial score (nSPS) is 11.0. The van der Waals surface area contributed by atoms with Crippen molar-refractivity contribution in [3.8, 4) is 0 Å². The molecule has 0 amide bonds. The molecule has 0 aliphatic carbocycles. The molecule has 0 unspecified atom stereocenters. The third-order valence-corrected chi connectivity index (χ3v) is 3.89. The molecule has 0 aliphatic rings. The van der Waals surface area contributed by atoms with Crippen molar-refractivity contribution in [1.29, 1.82) is 0 Å². The Morgan fingerprint density at radius 3 is 2.38 bits per heavy atom. The number of hydrogen-bond donors (Lipinski definition) is 1. The highest BCUT2D eigenvalue weighted by atomic mass is 35.5. The Morgan fingerprint density at radius 1 is 1.00 bits per heavy atom. The van der Waals surface area contributed by atoms with Crippen LogP contribution in [0.1, 0.15) is 30.0 Å². The van der Waals surface area contributed by atoms with Crippen LogP contribution < -0.4 is 5.73 Å². The molecule has 2 N–H and O–H groups in total. The van der Waals surface area contributed by atoms with Crippen LogP contribution in [-0.2, 0) is 19.6 Å². The molecule has 2 aromatic rings. The Morgan fingerprint density at radius 2 is 1.76 bits per heavy atom. The third-order valence-electron chi connectivity index (χ3n) is 3.54. The van der Waals surface area contributed by atoms with Gasteiger partial charge in [0.05, 0.1) is 0 Å². The van der Waals surface area contributed by atoms with Gasteiger partial charge in [0.2, 0.25) is 0 Å². The summed E-state index contributed by atoms with van der Waals surface area (Å²) < 4.78 is 0. The summed E-state index contributed by atoms with van der Waals surface area (Å²) in [6.45, 7) is 5.61. The Bertz CT molecular complexity index is 554. The van der Waals surface area contributed by atoms with Gasteiger partial charge in [-0.2, -0.15) is 0 Å². The quantitative estimate of drug-likeness (QED) is 0.830. The number of nitrogens with zero attached hydrogens (tertiary/aromatic N) is 1. The summed E-state index contributed by atoms with van der Waals surface area (Å²) >= 11 is 6.37. The molecule has 3 heteroatoms. The first-order chi connectivity index (χ1) is 10.2. The Balaban J connectivity index is 2.09. The Labute approximate surface area is 132 Å². The zero-order valence-corrected chi connectivity index (χ0v) is 13.3. The van der Waals surface area contributed by atoms with Gasteiger partial charge in [0.15, 0.2) is 0 Å². The summed E-state index contributed by atoms with van der Waals surface area (Å²) in [4.78, 5) is 2.43. The van der Waals surface area contributed by atoms with Crippen LogP contribution in [0.3, 0.4) is 0 Å². The van der Waals surface area contributed by atoms with E-state index in [9.17, 15) is 0 Å². The predicted octanol–water partition coefficient (Wildman–Crippen LogP) is 4.21. The third kappa shape index (κ3) is 4.85. The average Bonchev–Trinajstić information content (AvgIpc) is 2.50. The van der Waals surface area contributed by atoms with Crippen LogP contribution in [0.15, 0.2) is 48.5 Å². The molecule has 0 saturated carbocycles. The lowest BCUT2D eigenvalue weighted by Crippen LogP contribution is -2.23. The van der Waals surface area contributed by atoms with Gasteiger partial charge in [-0.15, -0.1) is 0 Å². The highest BCUT2D eigenvalue weighted by Gasteiger charge is 2.09. The van der Waals surface area contributed by atoms with Crippen molar-refractivity contribution in [3.63, 3.8) is 0 Å². The fourth-order valence-electron chi connectivity index (χ4n) is 2.46. The van der Waals surface area contributed by atoms with Gasteiger partial charge in [0, 0.05) is 24.7 Å². The molecule has 0 bridgehead atoms. The average molecular weight is 303 g/mol. The molecule has 0 radical (unpaired) electrons. The summed E-state index contributed by atoms with van der Waals surface area (Å²) in [5.74, 6) is 0. The van der Waals surface area contributed by atoms with Crippen LogP contribution in [0, 0.1) is 0 Å². The van der Waals surface area contributed by atoms with Crippen molar-refractivity contribution in [3.05, 3.63) is 70.2 Å². The van der Waals surface area contributed by atoms with Crippen molar-refractivity contribution in [2.24, 2.45) is 5.73 Å². The van der Waals surface area contributed by atoms with Crippen LogP contribution >= 0.6 is 11.6 Å². The first-order valence-corrected chi connectivity index (χ1v) is 7.84. The van der Waals surface area contributed by atoms with E-state index in [4.69, 9.17) is 17.3 Å². The molecule has 2 rings (SSSR count). The van der Waals surface area contributed by atoms with Crippen LogP contribution in [0.5, 0.6) is 0 Å². The van der Waals surface area contributed by atoms with Crippen molar-refractivity contribution in [2.75, 3.05) is 6.54 Å². The van der Waals surface area contributed by atoms with Crippen LogP contribution in [-0.4, -0.2) is 11.4 Å². The van der Waals surface area contributed by atoms with Crippen molar-refractivity contribution >= 4 is 11.6 Å². The van der Waals surface area contributed by atoms with E-state index in [2.05, 4.69) is 54.3 Å². The maximum Gasteiger partial charge on any atom is 0.0454 e. The largest absolute Gasteiger partial charge is 0.326 e. The van der Waals surface area contributed by atoms with Gasteiger partial charge in [-0.05, 0) is 35.7 Å². The number of hydrogen-bond acceptors (Lipinski definition) is 2. The van der Waals surface area contributed by atoms with Gasteiger partial charge >= 0.3 is 0 Å². The molecule has 0 heterocycles. The highest BCUT2D eigenvalue weighted by molar-refractivity contribution is 6.31. The van der Waals surface area contributed by atoms with E-state index < -0.39 is 0 Å². The van der Waals surface area contributed by atoms with Gasteiger partial charge < -0.3 is 5.73 Å². The maximum atomic E-state index is 6.37. The Kier molecular flexibility index (Phi) is 6.24. The van der Waals surface area contributed by atoms with E-state index >= 15 is 0 Å². The van der Waals surface area contributed by atoms with Gasteiger partial charge in [-0.3, -0.25) is 4.90 Å². The van der Waals surface area contributed by atoms with E-state index in [1.165, 1.54) is 11.1 Å². The van der Waals surface area contributed by atoms with Crippen molar-refractivity contribution < 1.29 is 0 Å². The highest BCUT2D eigenvalue weighted by Crippen LogP contribution is 2.20. The van der Waals surface area contributed by atoms with Crippen molar-refractivity contribution in [1.82, 2.24) is 4.90 Å². The molecule has 0 aliphatic heterocycles. The lowest BCUT2D eigenvalue weighted by molar-refractivity contribution is 0.257. The number of benzene rings is 2. The maximum absolute atomic E-state index is 6.37. The van der Waals surface area contributed by atoms with Gasteiger partial charge in [-0.25, -0.2) is 0 Å². The lowest BCUT2D eigenvalue weighted by atomic mass is 10.1. The Hall–Kier alpha value is -1.35. The van der Waals surface area contributed by atoms with E-state index in [1.54, 1.807) is 0 Å². The molecule has 0 atom stereocenters. The molecule has 0 aromatic heterocycles. The molecular formula is C18H23ClN2. The molecule has 2 nitrogen and oxygen atoms in total. The number of nitrogens with two attached hydrogens (primary N) is 1. The summed E-state index contributed by atoms with van der Waals surface area (Å²) in [5.41, 5.74) is 9.23. The summed E-state index contributed by atoms with van der Waals surface area (Å²) in [6.07, 6.45) is 1.13. The molecule has 112 valence electrons. The SMILES string of the molecule is CCCN(Cc1ccccc1)Cc1ccc(CN)cc1Cl. The van der Waals surface area contributed by atoms with Crippen LogP contribution in [0.2, 0.25) is 5.02 Å². The van der Waals surface area contributed by atoms with Crippen LogP contribution in [0.4, 0.5) is 0 Å². The van der Waals surface area contributed by atoms with E-state index in [1.807, 2.05) is 6.07 Å². The topological polar surface area (TPSA) is 29.3 Å². The molecule has 21 heavy (non-hydrogen) atoms. The second-order valence-electron chi connectivity index (χ2n) is 5.33. The molecular weight excluding hydrogens is 280 g/mol. The predicted molar refractivity (Wildman–Crippen MR) is 90.2 cm³/mol.